The normalized spacial score (nSPS) is 11.8. The summed E-state index contributed by atoms with van der Waals surface area (Å²) in [6.07, 6.45) is 0. The van der Waals surface area contributed by atoms with Gasteiger partial charge in [-0.25, -0.2) is 15.0 Å². The van der Waals surface area contributed by atoms with E-state index >= 15 is 4.79 Å². The summed E-state index contributed by atoms with van der Waals surface area (Å²) in [5.74, 6) is 1.21. The van der Waals surface area contributed by atoms with E-state index in [4.69, 9.17) is 15.0 Å². The molecule has 8 nitrogen and oxygen atoms in total. The minimum absolute atomic E-state index is 0.265. The topological polar surface area (TPSA) is 75.5 Å². The minimum atomic E-state index is -0.265. The molecular formula is C66H41N7O. The van der Waals surface area contributed by atoms with Crippen molar-refractivity contribution in [3.63, 3.8) is 0 Å². The summed E-state index contributed by atoms with van der Waals surface area (Å²) < 4.78 is 9.14. The van der Waals surface area contributed by atoms with Crippen molar-refractivity contribution in [3.05, 3.63) is 259 Å². The number of benzene rings is 10. The molecule has 10 aromatic carbocycles. The molecule has 5 aromatic heterocycles. The average molecular weight is 948 g/mol. The van der Waals surface area contributed by atoms with Crippen LogP contribution in [-0.2, 0) is 0 Å². The maximum atomic E-state index is 16.2. The van der Waals surface area contributed by atoms with Crippen LogP contribution in [-0.4, -0.2) is 33.2 Å². The third-order valence-electron chi connectivity index (χ3n) is 14.6. The molecule has 0 aliphatic carbocycles. The molecule has 74 heavy (non-hydrogen) atoms. The molecule has 346 valence electrons. The van der Waals surface area contributed by atoms with Gasteiger partial charge in [-0.3, -0.25) is 9.36 Å². The lowest BCUT2D eigenvalue weighted by Gasteiger charge is -2.25. The van der Waals surface area contributed by atoms with Gasteiger partial charge in [0.1, 0.15) is 0 Å². The number of nitrogens with zero attached hydrogens (tertiary/aromatic N) is 7. The van der Waals surface area contributed by atoms with Crippen molar-refractivity contribution in [1.82, 2.24) is 33.2 Å². The molecule has 15 rings (SSSR count). The monoisotopic (exact) mass is 947 g/mol. The lowest BCUT2D eigenvalue weighted by molar-refractivity contribution is 1.01. The van der Waals surface area contributed by atoms with Crippen molar-refractivity contribution in [2.75, 3.05) is 0 Å². The highest BCUT2D eigenvalue weighted by Crippen LogP contribution is 2.46. The molecule has 0 saturated carbocycles. The summed E-state index contributed by atoms with van der Waals surface area (Å²) in [5, 5.41) is 7.56. The largest absolute Gasteiger partial charge is 0.307 e. The van der Waals surface area contributed by atoms with Gasteiger partial charge < -0.3 is 13.7 Å². The van der Waals surface area contributed by atoms with E-state index in [1.807, 2.05) is 102 Å². The van der Waals surface area contributed by atoms with Gasteiger partial charge in [0.05, 0.1) is 61.2 Å². The van der Waals surface area contributed by atoms with Gasteiger partial charge >= 0.3 is 0 Å². The first-order chi connectivity index (χ1) is 36.7. The number of rotatable bonds is 7. The van der Waals surface area contributed by atoms with Gasteiger partial charge in [0.15, 0.2) is 17.5 Å². The van der Waals surface area contributed by atoms with Crippen molar-refractivity contribution < 1.29 is 0 Å². The standard InChI is InChI=1S/C66H41N7O/c74-66-52(65-68-63(42-22-4-1-5-23-42)67-64(69-65)43-24-6-2-7-25-43)40-51-59(70(66)44-26-8-3-9-27-44)41-60(71-53-34-16-10-28-45(53)46-29-11-17-35-54(46)71)62(73-57-38-20-14-32-49(57)50-33-15-21-39-58(50)73)61(51)72-55-36-18-12-30-47(55)48-31-13-19-37-56(48)72/h1-41H. The van der Waals surface area contributed by atoms with Gasteiger partial charge in [-0.2, -0.15) is 0 Å². The smallest absolute Gasteiger partial charge is 0.266 e. The van der Waals surface area contributed by atoms with E-state index in [2.05, 4.69) is 165 Å². The Labute approximate surface area is 423 Å². The Morgan fingerprint density at radius 2 is 0.608 bits per heavy atom. The van der Waals surface area contributed by atoms with Crippen LogP contribution in [0.3, 0.4) is 0 Å². The summed E-state index contributed by atoms with van der Waals surface area (Å²) in [4.78, 5) is 31.7. The number of aromatic nitrogens is 7. The Hall–Kier alpha value is -10.2. The zero-order chi connectivity index (χ0) is 48.9. The Morgan fingerprint density at radius 1 is 0.270 bits per heavy atom. The Kier molecular flexibility index (Phi) is 9.24. The van der Waals surface area contributed by atoms with E-state index in [1.54, 1.807) is 0 Å². The summed E-state index contributed by atoms with van der Waals surface area (Å²) in [7, 11) is 0. The van der Waals surface area contributed by atoms with E-state index in [0.29, 0.717) is 28.4 Å². The molecule has 0 amide bonds. The average Bonchev–Trinajstić information content (AvgIpc) is 4.11. The summed E-state index contributed by atoms with van der Waals surface area (Å²) >= 11 is 0. The number of hydrogen-bond donors (Lipinski definition) is 0. The fourth-order valence-corrected chi connectivity index (χ4v) is 11.5. The van der Waals surface area contributed by atoms with E-state index in [9.17, 15) is 0 Å². The fraction of sp³-hybridized carbons (Fsp3) is 0. The second-order valence-corrected chi connectivity index (χ2v) is 18.7. The maximum Gasteiger partial charge on any atom is 0.266 e. The summed E-state index contributed by atoms with van der Waals surface area (Å²) in [6, 6.07) is 86.0. The van der Waals surface area contributed by atoms with Gasteiger partial charge in [0, 0.05) is 54.5 Å². The van der Waals surface area contributed by atoms with Gasteiger partial charge in [0.2, 0.25) is 0 Å². The van der Waals surface area contributed by atoms with Gasteiger partial charge in [-0.1, -0.05) is 188 Å². The SMILES string of the molecule is O=c1c(-c2nc(-c3ccccc3)nc(-c3ccccc3)n2)cc2c(-n3c4ccccc4c4ccccc43)c(-n3c4ccccc4c4ccccc43)c(-n3c4ccccc4c4ccccc43)cc2n1-c1ccccc1. The van der Waals surface area contributed by atoms with Crippen molar-refractivity contribution >= 4 is 76.3 Å². The third kappa shape index (κ3) is 6.21. The maximum absolute atomic E-state index is 16.2. The molecule has 5 heterocycles. The zero-order valence-corrected chi connectivity index (χ0v) is 39.7. The Bertz CT molecular complexity index is 4580. The first-order valence-corrected chi connectivity index (χ1v) is 24.8. The highest BCUT2D eigenvalue weighted by Gasteiger charge is 2.30. The third-order valence-corrected chi connectivity index (χ3v) is 14.6. The Balaban J connectivity index is 1.22. The van der Waals surface area contributed by atoms with E-state index < -0.39 is 0 Å². The first kappa shape index (κ1) is 41.6. The minimum Gasteiger partial charge on any atom is -0.307 e. The number of pyridine rings is 1. The van der Waals surface area contributed by atoms with Crippen LogP contribution in [0.5, 0.6) is 0 Å². The van der Waals surface area contributed by atoms with Gasteiger partial charge in [0.25, 0.3) is 5.56 Å². The van der Waals surface area contributed by atoms with Crippen LogP contribution < -0.4 is 5.56 Å². The molecule has 15 aromatic rings. The van der Waals surface area contributed by atoms with Gasteiger partial charge in [-0.15, -0.1) is 0 Å². The number of fused-ring (bicyclic) bond motifs is 10. The van der Waals surface area contributed by atoms with E-state index in [-0.39, 0.29) is 11.4 Å². The molecule has 0 aliphatic rings. The molecule has 0 radical (unpaired) electrons. The fourth-order valence-electron chi connectivity index (χ4n) is 11.5. The molecule has 0 fully saturated rings. The second-order valence-electron chi connectivity index (χ2n) is 18.7. The van der Waals surface area contributed by atoms with E-state index in [0.717, 1.165) is 99.0 Å². The molecule has 0 aliphatic heterocycles. The molecule has 0 unspecified atom stereocenters. The predicted molar refractivity (Wildman–Crippen MR) is 302 cm³/mol. The van der Waals surface area contributed by atoms with Crippen molar-refractivity contribution in [2.24, 2.45) is 0 Å². The molecule has 0 bridgehead atoms. The lowest BCUT2D eigenvalue weighted by Crippen LogP contribution is -2.23. The lowest BCUT2D eigenvalue weighted by atomic mass is 10.0. The van der Waals surface area contributed by atoms with Crippen molar-refractivity contribution in [1.29, 1.82) is 0 Å². The summed E-state index contributed by atoms with van der Waals surface area (Å²) in [5.41, 5.74) is 12.0. The van der Waals surface area contributed by atoms with Crippen LogP contribution in [0.15, 0.2) is 254 Å². The van der Waals surface area contributed by atoms with Crippen LogP contribution >= 0.6 is 0 Å². The number of para-hydroxylation sites is 7. The highest BCUT2D eigenvalue weighted by molar-refractivity contribution is 6.16. The first-order valence-electron chi connectivity index (χ1n) is 24.8. The van der Waals surface area contributed by atoms with Crippen molar-refractivity contribution in [2.45, 2.75) is 0 Å². The molecule has 8 heteroatoms. The molecular weight excluding hydrogens is 907 g/mol. The van der Waals surface area contributed by atoms with Crippen LogP contribution in [0.25, 0.3) is 133 Å². The Morgan fingerprint density at radius 3 is 1.03 bits per heavy atom. The quantitative estimate of drug-likeness (QED) is 0.159. The summed E-state index contributed by atoms with van der Waals surface area (Å²) in [6.45, 7) is 0. The van der Waals surface area contributed by atoms with Crippen LogP contribution in [0.4, 0.5) is 0 Å². The highest BCUT2D eigenvalue weighted by atomic mass is 16.1. The zero-order valence-electron chi connectivity index (χ0n) is 39.7. The second kappa shape index (κ2) is 16.4. The molecule has 0 saturated heterocycles. The molecule has 0 spiro atoms. The van der Waals surface area contributed by atoms with Crippen LogP contribution in [0, 0.1) is 0 Å². The molecule has 0 atom stereocenters. The van der Waals surface area contributed by atoms with Crippen LogP contribution in [0.1, 0.15) is 0 Å². The molecule has 0 N–H and O–H groups in total. The van der Waals surface area contributed by atoms with Gasteiger partial charge in [-0.05, 0) is 60.7 Å². The van der Waals surface area contributed by atoms with Crippen molar-refractivity contribution in [3.8, 4) is 56.9 Å². The predicted octanol–water partition coefficient (Wildman–Crippen LogP) is 15.5. The van der Waals surface area contributed by atoms with E-state index in [1.165, 1.54) is 0 Å². The number of hydrogen-bond acceptors (Lipinski definition) is 4. The van der Waals surface area contributed by atoms with Crippen LogP contribution in [0.2, 0.25) is 0 Å².